The quantitative estimate of drug-likeness (QED) is 0.526. The molecule has 0 saturated heterocycles. The Morgan fingerprint density at radius 3 is 2.61 bits per heavy atom. The number of hydrogen-bond acceptors (Lipinski definition) is 4. The number of sulfone groups is 1. The molecule has 0 bridgehead atoms. The Morgan fingerprint density at radius 2 is 1.90 bits per heavy atom. The van der Waals surface area contributed by atoms with E-state index in [2.05, 4.69) is 4.98 Å². The number of aryl methyl sites for hydroxylation is 1. The molecule has 2 aromatic heterocycles. The van der Waals surface area contributed by atoms with Crippen molar-refractivity contribution in [3.8, 4) is 11.1 Å². The van der Waals surface area contributed by atoms with Crippen LogP contribution in [0.4, 0.5) is 15.8 Å². The van der Waals surface area contributed by atoms with Crippen molar-refractivity contribution in [3.63, 3.8) is 0 Å². The highest BCUT2D eigenvalue weighted by atomic mass is 32.2. The number of benzene rings is 2. The molecule has 1 aliphatic rings. The number of aromatic amines is 1. The van der Waals surface area contributed by atoms with Crippen LogP contribution in [-0.2, 0) is 29.1 Å². The van der Waals surface area contributed by atoms with E-state index in [4.69, 9.17) is 2.74 Å². The molecule has 3 heterocycles. The van der Waals surface area contributed by atoms with Gasteiger partial charge in [-0.2, -0.15) is 0 Å². The maximum Gasteiger partial charge on any atom is 0.274 e. The SMILES string of the molecule is [2H]C1([2H])c2c[nH]c3c(=O)n(C)cc(c23)-c2cc(CS(C)(=O)=O)ccc2N1c1ccc(F)cc1. The number of halogens is 1. The van der Waals surface area contributed by atoms with Gasteiger partial charge in [0, 0.05) is 53.6 Å². The molecule has 5 rings (SSSR count). The molecule has 0 spiro atoms. The largest absolute Gasteiger partial charge is 0.356 e. The van der Waals surface area contributed by atoms with Crippen LogP contribution in [0.25, 0.3) is 22.0 Å². The Hall–Kier alpha value is -3.39. The predicted molar refractivity (Wildman–Crippen MR) is 120 cm³/mol. The molecule has 4 aromatic rings. The molecular weight excluding hydrogens is 417 g/mol. The highest BCUT2D eigenvalue weighted by Crippen LogP contribution is 2.43. The van der Waals surface area contributed by atoms with Gasteiger partial charge in [0.1, 0.15) is 11.3 Å². The molecule has 0 unspecified atom stereocenters. The van der Waals surface area contributed by atoms with Gasteiger partial charge < -0.3 is 14.5 Å². The van der Waals surface area contributed by atoms with Gasteiger partial charge in [-0.3, -0.25) is 4.79 Å². The van der Waals surface area contributed by atoms with Crippen molar-refractivity contribution in [2.24, 2.45) is 7.05 Å². The summed E-state index contributed by atoms with van der Waals surface area (Å²) in [6, 6.07) is 10.5. The number of H-pyrrole nitrogens is 1. The molecule has 0 radical (unpaired) electrons. The first-order valence-electron chi connectivity index (χ1n) is 10.6. The minimum Gasteiger partial charge on any atom is -0.356 e. The average molecular weight is 440 g/mol. The number of nitrogens with zero attached hydrogens (tertiary/aromatic N) is 2. The summed E-state index contributed by atoms with van der Waals surface area (Å²) in [5.74, 6) is -0.633. The molecule has 31 heavy (non-hydrogen) atoms. The Bertz CT molecular complexity index is 1590. The summed E-state index contributed by atoms with van der Waals surface area (Å²) in [6.07, 6.45) is 4.27. The molecule has 2 aromatic carbocycles. The fourth-order valence-electron chi connectivity index (χ4n) is 4.02. The molecule has 8 heteroatoms. The topological polar surface area (TPSA) is 75.2 Å². The predicted octanol–water partition coefficient (Wildman–Crippen LogP) is 3.87. The Kier molecular flexibility index (Phi) is 3.80. The zero-order chi connectivity index (χ0) is 23.7. The van der Waals surface area contributed by atoms with Crippen LogP contribution in [-0.4, -0.2) is 24.2 Å². The first-order valence-corrected chi connectivity index (χ1v) is 11.6. The van der Waals surface area contributed by atoms with Crippen LogP contribution < -0.4 is 10.5 Å². The summed E-state index contributed by atoms with van der Waals surface area (Å²) < 4.78 is 57.1. The standard InChI is InChI=1S/C23H20FN3O3S/c1-26-12-19-18-9-14(13-31(2,29)30)3-8-20(18)27(17-6-4-16(24)5-7-17)11-15-10-25-22(21(15)19)23(26)28/h3-10,12,25H,11,13H2,1-2H3/i11D2. The molecule has 0 atom stereocenters. The number of nitrogens with one attached hydrogen (secondary N) is 1. The van der Waals surface area contributed by atoms with Crippen LogP contribution >= 0.6 is 0 Å². The van der Waals surface area contributed by atoms with Crippen LogP contribution in [0, 0.1) is 5.82 Å². The van der Waals surface area contributed by atoms with Crippen molar-refractivity contribution in [1.82, 2.24) is 9.55 Å². The molecular formula is C23H20FN3O3S. The third-order valence-corrected chi connectivity index (χ3v) is 6.20. The molecule has 0 amide bonds. The van der Waals surface area contributed by atoms with Crippen molar-refractivity contribution >= 4 is 32.1 Å². The second-order valence-corrected chi connectivity index (χ2v) is 9.90. The van der Waals surface area contributed by atoms with Crippen molar-refractivity contribution < 1.29 is 15.5 Å². The van der Waals surface area contributed by atoms with Crippen LogP contribution in [0.3, 0.4) is 0 Å². The number of aromatic nitrogens is 2. The average Bonchev–Trinajstić information content (AvgIpc) is 3.16. The lowest BCUT2D eigenvalue weighted by Gasteiger charge is -2.26. The third-order valence-electron chi connectivity index (χ3n) is 5.34. The van der Waals surface area contributed by atoms with Gasteiger partial charge in [0.15, 0.2) is 9.84 Å². The monoisotopic (exact) mass is 439 g/mol. The minimum atomic E-state index is -3.31. The lowest BCUT2D eigenvalue weighted by atomic mass is 9.99. The maximum atomic E-state index is 13.7. The van der Waals surface area contributed by atoms with Gasteiger partial charge in [0.25, 0.3) is 5.56 Å². The first kappa shape index (κ1) is 17.3. The summed E-state index contributed by atoms with van der Waals surface area (Å²) in [6.45, 7) is -2.11. The van der Waals surface area contributed by atoms with Gasteiger partial charge in [-0.25, -0.2) is 12.8 Å². The third kappa shape index (κ3) is 3.33. The zero-order valence-corrected chi connectivity index (χ0v) is 17.6. The second-order valence-electron chi connectivity index (χ2n) is 7.76. The normalized spacial score (nSPS) is 15.9. The molecule has 1 N–H and O–H groups in total. The van der Waals surface area contributed by atoms with Gasteiger partial charge >= 0.3 is 0 Å². The van der Waals surface area contributed by atoms with E-state index in [-0.39, 0.29) is 22.4 Å². The van der Waals surface area contributed by atoms with E-state index in [1.165, 1.54) is 39.9 Å². The zero-order valence-electron chi connectivity index (χ0n) is 18.8. The van der Waals surface area contributed by atoms with Crippen LogP contribution in [0.2, 0.25) is 0 Å². The Balaban J connectivity index is 1.91. The van der Waals surface area contributed by atoms with E-state index in [0.29, 0.717) is 33.5 Å². The number of pyridine rings is 1. The van der Waals surface area contributed by atoms with E-state index in [1.54, 1.807) is 31.4 Å². The van der Waals surface area contributed by atoms with Crippen LogP contribution in [0.15, 0.2) is 59.7 Å². The van der Waals surface area contributed by atoms with Crippen LogP contribution in [0.1, 0.15) is 13.9 Å². The minimum absolute atomic E-state index is 0.182. The fraction of sp³-hybridized carbons (Fsp3) is 0.174. The lowest BCUT2D eigenvalue weighted by molar-refractivity contribution is 0.601. The van der Waals surface area contributed by atoms with E-state index in [1.807, 2.05) is 0 Å². The first-order chi connectivity index (χ1) is 15.5. The Morgan fingerprint density at radius 1 is 1.16 bits per heavy atom. The Labute approximate surface area is 181 Å². The summed E-state index contributed by atoms with van der Waals surface area (Å²) in [7, 11) is -1.71. The number of rotatable bonds is 3. The van der Waals surface area contributed by atoms with E-state index in [9.17, 15) is 17.6 Å². The van der Waals surface area contributed by atoms with Gasteiger partial charge in [-0.15, -0.1) is 0 Å². The molecule has 1 aliphatic heterocycles. The van der Waals surface area contributed by atoms with Crippen molar-refractivity contribution in [2.75, 3.05) is 11.2 Å². The molecule has 0 saturated carbocycles. The van der Waals surface area contributed by atoms with E-state index >= 15 is 0 Å². The van der Waals surface area contributed by atoms with Gasteiger partial charge in [-0.1, -0.05) is 6.07 Å². The van der Waals surface area contributed by atoms with Crippen LogP contribution in [0.5, 0.6) is 0 Å². The molecule has 6 nitrogen and oxygen atoms in total. The summed E-state index contributed by atoms with van der Waals surface area (Å²) in [4.78, 5) is 17.2. The van der Waals surface area contributed by atoms with E-state index < -0.39 is 22.2 Å². The highest BCUT2D eigenvalue weighted by molar-refractivity contribution is 7.89. The second kappa shape index (κ2) is 6.81. The fourth-order valence-corrected chi connectivity index (χ4v) is 4.80. The molecule has 0 fully saturated rings. The van der Waals surface area contributed by atoms with Crippen molar-refractivity contribution in [3.05, 3.63) is 82.2 Å². The smallest absolute Gasteiger partial charge is 0.274 e. The van der Waals surface area contributed by atoms with Crippen molar-refractivity contribution in [1.29, 1.82) is 0 Å². The lowest BCUT2D eigenvalue weighted by Crippen LogP contribution is -2.16. The number of hydrogen-bond donors (Lipinski definition) is 1. The summed E-state index contributed by atoms with van der Waals surface area (Å²) in [5, 5.41) is 0.436. The number of anilines is 2. The highest BCUT2D eigenvalue weighted by Gasteiger charge is 2.26. The maximum absolute atomic E-state index is 13.7. The van der Waals surface area contributed by atoms with Crippen molar-refractivity contribution in [2.45, 2.75) is 12.2 Å². The van der Waals surface area contributed by atoms with E-state index in [0.717, 1.165) is 6.26 Å². The molecule has 0 aliphatic carbocycles. The molecule has 158 valence electrons. The van der Waals surface area contributed by atoms with Gasteiger partial charge in [-0.05, 0) is 47.5 Å². The van der Waals surface area contributed by atoms with Gasteiger partial charge in [0.2, 0.25) is 0 Å². The summed E-state index contributed by atoms with van der Waals surface area (Å²) in [5.41, 5.74) is 2.80. The van der Waals surface area contributed by atoms with Gasteiger partial charge in [0.05, 0.1) is 15.0 Å². The summed E-state index contributed by atoms with van der Waals surface area (Å²) >= 11 is 0. The number of fused-ring (bicyclic) bond motifs is 2.